The van der Waals surface area contributed by atoms with Crippen molar-refractivity contribution in [2.45, 2.75) is 37.9 Å². The summed E-state index contributed by atoms with van der Waals surface area (Å²) in [5, 5.41) is 18.3. The topological polar surface area (TPSA) is 110 Å². The van der Waals surface area contributed by atoms with Crippen molar-refractivity contribution < 1.29 is 14.7 Å². The highest BCUT2D eigenvalue weighted by Gasteiger charge is 2.42. The van der Waals surface area contributed by atoms with Crippen LogP contribution in [-0.2, 0) is 4.79 Å². The molecule has 0 radical (unpaired) electrons. The van der Waals surface area contributed by atoms with Crippen molar-refractivity contribution in [1.29, 1.82) is 0 Å². The molecule has 2 atom stereocenters. The van der Waals surface area contributed by atoms with E-state index in [0.29, 0.717) is 11.6 Å². The fourth-order valence-electron chi connectivity index (χ4n) is 3.82. The van der Waals surface area contributed by atoms with Crippen LogP contribution < -0.4 is 16.0 Å². The van der Waals surface area contributed by atoms with E-state index in [4.69, 9.17) is 0 Å². The standard InChI is InChI=1S/C20H26N6O3/c1-20(2,12-27)24-18(28)14-6-7-15-17(22-14)26(13-8-10-25(15)11-13)19(29)23-16-5-3-4-9-21-16/h3-7,9,13-14,22,27H,8,10-12H2,1-2H3,(H,24,28)(H,21,23,29)/t13-,14?/m0/s1. The van der Waals surface area contributed by atoms with Crippen LogP contribution in [0.4, 0.5) is 10.6 Å². The minimum absolute atomic E-state index is 0.0223. The monoisotopic (exact) mass is 398 g/mol. The first kappa shape index (κ1) is 19.3. The van der Waals surface area contributed by atoms with Crippen LogP contribution in [0.2, 0.25) is 0 Å². The first-order valence-corrected chi connectivity index (χ1v) is 9.76. The molecule has 29 heavy (non-hydrogen) atoms. The van der Waals surface area contributed by atoms with Gasteiger partial charge in [0, 0.05) is 19.3 Å². The zero-order chi connectivity index (χ0) is 20.6. The minimum atomic E-state index is -0.730. The Bertz CT molecular complexity index is 866. The van der Waals surface area contributed by atoms with Gasteiger partial charge in [-0.15, -0.1) is 0 Å². The SMILES string of the molecule is CC(C)(CO)NC(=O)C1C=CC2=C(N1)N(C(=O)Nc1ccccn1)[C@H]1CCN2C1. The Labute approximate surface area is 169 Å². The number of hydrogen-bond acceptors (Lipinski definition) is 6. The number of urea groups is 1. The van der Waals surface area contributed by atoms with Crippen molar-refractivity contribution in [2.24, 2.45) is 0 Å². The number of aliphatic hydroxyl groups is 1. The molecule has 4 rings (SSSR count). The van der Waals surface area contributed by atoms with Gasteiger partial charge in [-0.3, -0.25) is 15.0 Å². The predicted octanol–water partition coefficient (Wildman–Crippen LogP) is 0.588. The molecular formula is C20H26N6O3. The number of dihydropyridines is 1. The van der Waals surface area contributed by atoms with Gasteiger partial charge >= 0.3 is 6.03 Å². The molecule has 154 valence electrons. The quantitative estimate of drug-likeness (QED) is 0.591. The number of carbonyl (C=O) groups is 2. The molecule has 1 aromatic heterocycles. The number of fused-ring (bicyclic) bond motifs is 3. The summed E-state index contributed by atoms with van der Waals surface area (Å²) in [6.07, 6.45) is 6.16. The number of nitrogens with zero attached hydrogens (tertiary/aromatic N) is 3. The highest BCUT2D eigenvalue weighted by atomic mass is 16.3. The Kier molecular flexibility index (Phi) is 4.91. The summed E-state index contributed by atoms with van der Waals surface area (Å²) in [5.41, 5.74) is 0.173. The predicted molar refractivity (Wildman–Crippen MR) is 107 cm³/mol. The molecule has 9 nitrogen and oxygen atoms in total. The lowest BCUT2D eigenvalue weighted by Gasteiger charge is -2.41. The second kappa shape index (κ2) is 7.40. The molecule has 4 N–H and O–H groups in total. The fraction of sp³-hybridized carbons (Fsp3) is 0.450. The number of allylic oxidation sites excluding steroid dienone is 1. The average molecular weight is 398 g/mol. The molecule has 0 spiro atoms. The van der Waals surface area contributed by atoms with Crippen molar-refractivity contribution in [3.8, 4) is 0 Å². The molecule has 2 bridgehead atoms. The number of amides is 3. The molecule has 9 heteroatoms. The number of anilines is 1. The molecule has 0 saturated carbocycles. The van der Waals surface area contributed by atoms with E-state index in [9.17, 15) is 14.7 Å². The third-order valence-corrected chi connectivity index (χ3v) is 5.35. The maximum Gasteiger partial charge on any atom is 0.328 e. The van der Waals surface area contributed by atoms with Gasteiger partial charge < -0.3 is 20.6 Å². The first-order chi connectivity index (χ1) is 13.9. The average Bonchev–Trinajstić information content (AvgIpc) is 3.12. The maximum atomic E-state index is 13.1. The summed E-state index contributed by atoms with van der Waals surface area (Å²) in [4.78, 5) is 33.9. The summed E-state index contributed by atoms with van der Waals surface area (Å²) in [6, 6.07) is 4.44. The van der Waals surface area contributed by atoms with E-state index >= 15 is 0 Å². The summed E-state index contributed by atoms with van der Waals surface area (Å²) in [7, 11) is 0. The van der Waals surface area contributed by atoms with Crippen LogP contribution in [0.15, 0.2) is 48.1 Å². The molecule has 1 unspecified atom stereocenters. The van der Waals surface area contributed by atoms with Gasteiger partial charge in [0.1, 0.15) is 17.7 Å². The van der Waals surface area contributed by atoms with Crippen LogP contribution in [0.5, 0.6) is 0 Å². The summed E-state index contributed by atoms with van der Waals surface area (Å²) in [6.45, 7) is 4.95. The lowest BCUT2D eigenvalue weighted by Crippen LogP contribution is -2.58. The number of hydrogen-bond donors (Lipinski definition) is 4. The van der Waals surface area contributed by atoms with E-state index in [1.807, 2.05) is 12.1 Å². The van der Waals surface area contributed by atoms with Gasteiger partial charge in [-0.2, -0.15) is 0 Å². The number of aliphatic hydroxyl groups excluding tert-OH is 1. The van der Waals surface area contributed by atoms with Crippen molar-refractivity contribution in [3.63, 3.8) is 0 Å². The molecule has 3 aliphatic heterocycles. The van der Waals surface area contributed by atoms with Gasteiger partial charge in [0.2, 0.25) is 5.91 Å². The van der Waals surface area contributed by atoms with E-state index in [2.05, 4.69) is 25.8 Å². The molecule has 3 aliphatic rings. The highest BCUT2D eigenvalue weighted by molar-refractivity contribution is 5.91. The minimum Gasteiger partial charge on any atom is -0.394 e. The molecule has 1 fully saturated rings. The Hall–Kier alpha value is -3.07. The molecular weight excluding hydrogens is 372 g/mol. The Morgan fingerprint density at radius 3 is 2.93 bits per heavy atom. The van der Waals surface area contributed by atoms with Gasteiger partial charge in [-0.25, -0.2) is 9.78 Å². The summed E-state index contributed by atoms with van der Waals surface area (Å²) >= 11 is 0. The molecule has 1 saturated heterocycles. The molecule has 0 aromatic carbocycles. The Morgan fingerprint density at radius 2 is 2.21 bits per heavy atom. The smallest absolute Gasteiger partial charge is 0.328 e. The number of carbonyl (C=O) groups excluding carboxylic acids is 2. The summed E-state index contributed by atoms with van der Waals surface area (Å²) < 4.78 is 0. The van der Waals surface area contributed by atoms with E-state index in [1.54, 1.807) is 43.2 Å². The van der Waals surface area contributed by atoms with E-state index in [-0.39, 0.29) is 24.6 Å². The lowest BCUT2D eigenvalue weighted by atomic mass is 10.0. The third-order valence-electron chi connectivity index (χ3n) is 5.35. The van der Waals surface area contributed by atoms with Crippen LogP contribution >= 0.6 is 0 Å². The van der Waals surface area contributed by atoms with Gasteiger partial charge in [0.15, 0.2) is 0 Å². The number of nitrogens with one attached hydrogen (secondary N) is 3. The number of pyridine rings is 1. The zero-order valence-electron chi connectivity index (χ0n) is 16.6. The normalized spacial score (nSPS) is 22.9. The van der Waals surface area contributed by atoms with Gasteiger partial charge in [-0.1, -0.05) is 12.1 Å². The van der Waals surface area contributed by atoms with Crippen LogP contribution in [0.1, 0.15) is 20.3 Å². The largest absolute Gasteiger partial charge is 0.394 e. The van der Waals surface area contributed by atoms with Gasteiger partial charge in [-0.05, 0) is 38.5 Å². The molecule has 1 aromatic rings. The highest BCUT2D eigenvalue weighted by Crippen LogP contribution is 2.33. The summed E-state index contributed by atoms with van der Waals surface area (Å²) in [5.74, 6) is 0.840. The van der Waals surface area contributed by atoms with Crippen LogP contribution in [0, 0.1) is 0 Å². The van der Waals surface area contributed by atoms with E-state index < -0.39 is 11.6 Å². The van der Waals surface area contributed by atoms with Crippen molar-refractivity contribution in [1.82, 2.24) is 25.4 Å². The third kappa shape index (κ3) is 3.77. The van der Waals surface area contributed by atoms with Crippen LogP contribution in [0.3, 0.4) is 0 Å². The van der Waals surface area contributed by atoms with Crippen LogP contribution in [0.25, 0.3) is 0 Å². The maximum absolute atomic E-state index is 13.1. The zero-order valence-corrected chi connectivity index (χ0v) is 16.6. The van der Waals surface area contributed by atoms with Gasteiger partial charge in [0.25, 0.3) is 0 Å². The van der Waals surface area contributed by atoms with Crippen molar-refractivity contribution in [3.05, 3.63) is 48.1 Å². The Balaban J connectivity index is 1.56. The molecule has 4 heterocycles. The fourth-order valence-corrected chi connectivity index (χ4v) is 3.82. The van der Waals surface area contributed by atoms with Crippen molar-refractivity contribution in [2.75, 3.05) is 25.0 Å². The molecule has 0 aliphatic carbocycles. The van der Waals surface area contributed by atoms with Crippen molar-refractivity contribution >= 4 is 17.8 Å². The van der Waals surface area contributed by atoms with Gasteiger partial charge in [0.05, 0.1) is 23.9 Å². The number of rotatable bonds is 4. The number of aromatic nitrogens is 1. The van der Waals surface area contributed by atoms with E-state index in [1.165, 1.54) is 0 Å². The molecule has 3 amide bonds. The Morgan fingerprint density at radius 1 is 1.38 bits per heavy atom. The first-order valence-electron chi connectivity index (χ1n) is 9.76. The lowest BCUT2D eigenvalue weighted by molar-refractivity contribution is -0.124. The second-order valence-corrected chi connectivity index (χ2v) is 8.15. The van der Waals surface area contributed by atoms with E-state index in [0.717, 1.165) is 25.2 Å². The second-order valence-electron chi connectivity index (χ2n) is 8.15. The van der Waals surface area contributed by atoms with Crippen LogP contribution in [-0.4, -0.2) is 69.1 Å².